The van der Waals surface area contributed by atoms with Gasteiger partial charge in [-0.2, -0.15) is 8.75 Å². The van der Waals surface area contributed by atoms with Gasteiger partial charge in [-0.1, -0.05) is 331 Å². The number of nitrogens with zero attached hydrogens (tertiary/aromatic N) is 2. The number of benzene rings is 6. The quantitative estimate of drug-likeness (QED) is 0.151. The van der Waals surface area contributed by atoms with E-state index in [1.165, 1.54) is 77.8 Å². The van der Waals surface area contributed by atoms with E-state index in [-0.39, 0.29) is 43.3 Å². The first-order chi connectivity index (χ1) is 34.3. The normalized spacial score (nSPS) is 12.0. The first kappa shape index (κ1) is 70.7. The molecule has 0 fully saturated rings. The molecule has 0 radical (unpaired) electrons. The first-order valence-electron chi connectivity index (χ1n) is 28.8. The Morgan fingerprint density at radius 3 is 0.640 bits per heavy atom. The molecule has 0 amide bonds. The minimum absolute atomic E-state index is 0.115. The first-order valence-corrected chi connectivity index (χ1v) is 29.5. The molecule has 0 atom stereocenters. The molecule has 3 heteroatoms. The van der Waals surface area contributed by atoms with Crippen molar-refractivity contribution >= 4 is 44.3 Å². The Labute approximate surface area is 469 Å². The number of aromatic nitrogens is 2. The van der Waals surface area contributed by atoms with Crippen LogP contribution in [0.4, 0.5) is 0 Å². The molecule has 0 saturated carbocycles. The van der Waals surface area contributed by atoms with Gasteiger partial charge in [0.1, 0.15) is 11.0 Å². The summed E-state index contributed by atoms with van der Waals surface area (Å²) in [7, 11) is 0. The van der Waals surface area contributed by atoms with Gasteiger partial charge in [0.2, 0.25) is 0 Å². The van der Waals surface area contributed by atoms with Crippen molar-refractivity contribution in [3.63, 3.8) is 0 Å². The summed E-state index contributed by atoms with van der Waals surface area (Å²) in [5.41, 5.74) is 14.8. The van der Waals surface area contributed by atoms with Gasteiger partial charge in [-0.3, -0.25) is 0 Å². The number of hydrogen-bond acceptors (Lipinski definition) is 3. The average molecular weight is 1040 g/mol. The highest BCUT2D eigenvalue weighted by Gasteiger charge is 2.26. The maximum Gasteiger partial charge on any atom is 0.108 e. The summed E-state index contributed by atoms with van der Waals surface area (Å²) in [5.74, 6) is 0. The maximum absolute atomic E-state index is 4.49. The lowest BCUT2D eigenvalue weighted by Crippen LogP contribution is -2.16. The van der Waals surface area contributed by atoms with Crippen molar-refractivity contribution < 1.29 is 0 Å². The zero-order valence-corrected chi connectivity index (χ0v) is 55.5. The zero-order valence-electron chi connectivity index (χ0n) is 54.7. The molecule has 0 aliphatic heterocycles. The van der Waals surface area contributed by atoms with Crippen molar-refractivity contribution in [2.45, 2.75) is 265 Å². The molecule has 2 nitrogen and oxygen atoms in total. The molecular weight excluding hydrogens is 925 g/mol. The molecule has 0 unspecified atom stereocenters. The minimum Gasteiger partial charge on any atom is -0.173 e. The molecule has 0 bridgehead atoms. The van der Waals surface area contributed by atoms with Crippen molar-refractivity contribution in [2.75, 3.05) is 0 Å². The van der Waals surface area contributed by atoms with Crippen LogP contribution in [0.25, 0.3) is 32.6 Å². The molecule has 75 heavy (non-hydrogen) atoms. The van der Waals surface area contributed by atoms with Crippen LogP contribution in [0.1, 0.15) is 266 Å². The molecule has 7 rings (SSSR count). The third kappa shape index (κ3) is 20.5. The summed E-state index contributed by atoms with van der Waals surface area (Å²) in [5, 5.41) is 5.60. The van der Waals surface area contributed by atoms with Gasteiger partial charge >= 0.3 is 0 Å². The Morgan fingerprint density at radius 1 is 0.227 bits per heavy atom. The number of fused-ring (bicyclic) bond motifs is 3. The highest BCUT2D eigenvalue weighted by atomic mass is 32.1. The number of hydrogen-bond donors (Lipinski definition) is 0. The molecule has 7 aromatic rings. The lowest BCUT2D eigenvalue weighted by molar-refractivity contribution is 0.577. The fourth-order valence-corrected chi connectivity index (χ4v) is 9.35. The molecule has 418 valence electrons. The second-order valence-corrected chi connectivity index (χ2v) is 27.6. The average Bonchev–Trinajstić information content (AvgIpc) is 3.81. The summed E-state index contributed by atoms with van der Waals surface area (Å²) < 4.78 is 8.98. The van der Waals surface area contributed by atoms with E-state index in [4.69, 9.17) is 0 Å². The van der Waals surface area contributed by atoms with Crippen molar-refractivity contribution in [1.29, 1.82) is 0 Å². The van der Waals surface area contributed by atoms with E-state index in [1.807, 2.05) is 55.4 Å². The third-order valence-corrected chi connectivity index (χ3v) is 13.3. The van der Waals surface area contributed by atoms with Crippen LogP contribution in [-0.4, -0.2) is 8.75 Å². The maximum atomic E-state index is 4.49. The van der Waals surface area contributed by atoms with E-state index in [0.29, 0.717) is 0 Å². The molecular formula is C72H114N2S. The standard InChI is InChI=1S/2C18H24.C14H20N2S.C14H22.4C2H6/c1-17(2,3)15-11-7-10-14-13(15)9-8-12-16(14)18(4,5)6;1-17(2,3)15-11-12-16(18(4,5)6)14-10-8-7-9-13(14)15;1-13(2,3)9-7-8-10(14(4,5)6)12-11(9)15-17-16-12;1-13(2,3)11-7-9-12(10-8-11)14(4,5)6;4*1-2/h2*7-12H,1-6H3;7-8H,1-6H3;7-10H,1-6H3;4*1-2H3. The van der Waals surface area contributed by atoms with E-state index >= 15 is 0 Å². The van der Waals surface area contributed by atoms with Crippen molar-refractivity contribution in [1.82, 2.24) is 8.75 Å². The van der Waals surface area contributed by atoms with Crippen LogP contribution < -0.4 is 0 Å². The molecule has 0 spiro atoms. The SMILES string of the molecule is CC.CC.CC.CC.CC(C)(C)c1ccc(C(C)(C)C)c2ccccc12.CC(C)(C)c1ccc(C(C)(C)C)c2nsnc12.CC(C)(C)c1ccc(C(C)(C)C)cc1.CC(C)(C)c1cccc2c(C(C)(C)C)cccc12. The van der Waals surface area contributed by atoms with Crippen LogP contribution in [-0.2, 0) is 43.3 Å². The molecule has 0 N–H and O–H groups in total. The second kappa shape index (κ2) is 28.9. The summed E-state index contributed by atoms with van der Waals surface area (Å²) in [6, 6.07) is 40.3. The lowest BCUT2D eigenvalue weighted by atomic mass is 9.78. The fraction of sp³-hybridized carbons (Fsp3) is 0.556. The van der Waals surface area contributed by atoms with Crippen LogP contribution in [0.2, 0.25) is 0 Å². The van der Waals surface area contributed by atoms with Crippen LogP contribution in [0.15, 0.2) is 109 Å². The van der Waals surface area contributed by atoms with Crippen molar-refractivity contribution in [3.05, 3.63) is 154 Å². The smallest absolute Gasteiger partial charge is 0.108 e. The van der Waals surface area contributed by atoms with Crippen LogP contribution >= 0.6 is 11.7 Å². The third-order valence-electron chi connectivity index (χ3n) is 12.7. The summed E-state index contributed by atoms with van der Waals surface area (Å²) in [6.45, 7) is 70.2. The van der Waals surface area contributed by atoms with Gasteiger partial charge in [0.15, 0.2) is 0 Å². The number of rotatable bonds is 0. The second-order valence-electron chi connectivity index (χ2n) is 27.1. The van der Waals surface area contributed by atoms with E-state index in [9.17, 15) is 0 Å². The van der Waals surface area contributed by atoms with E-state index in [2.05, 4.69) is 284 Å². The molecule has 6 aromatic carbocycles. The Morgan fingerprint density at radius 2 is 0.427 bits per heavy atom. The Balaban J connectivity index is 0.000000933. The van der Waals surface area contributed by atoms with Gasteiger partial charge in [-0.15, -0.1) is 0 Å². The summed E-state index contributed by atoms with van der Waals surface area (Å²) in [4.78, 5) is 0. The van der Waals surface area contributed by atoms with Crippen molar-refractivity contribution in [2.24, 2.45) is 0 Å². The van der Waals surface area contributed by atoms with Crippen molar-refractivity contribution in [3.8, 4) is 0 Å². The van der Waals surface area contributed by atoms with Gasteiger partial charge in [-0.05, 0) is 109 Å². The molecule has 0 saturated heterocycles. The highest BCUT2D eigenvalue weighted by Crippen LogP contribution is 2.39. The fourth-order valence-electron chi connectivity index (χ4n) is 8.77. The topological polar surface area (TPSA) is 25.8 Å². The predicted octanol–water partition coefficient (Wildman–Crippen LogP) is 23.5. The summed E-state index contributed by atoms with van der Waals surface area (Å²) >= 11 is 1.31. The van der Waals surface area contributed by atoms with Crippen LogP contribution in [0.5, 0.6) is 0 Å². The minimum atomic E-state index is 0.115. The lowest BCUT2D eigenvalue weighted by Gasteiger charge is -2.26. The van der Waals surface area contributed by atoms with E-state index in [1.54, 1.807) is 0 Å². The summed E-state index contributed by atoms with van der Waals surface area (Å²) in [6.07, 6.45) is 0. The molecule has 1 heterocycles. The molecule has 0 aliphatic carbocycles. The zero-order chi connectivity index (χ0) is 58.9. The van der Waals surface area contributed by atoms with Crippen LogP contribution in [0.3, 0.4) is 0 Å². The Hall–Kier alpha value is -4.34. The monoisotopic (exact) mass is 1040 g/mol. The highest BCUT2D eigenvalue weighted by molar-refractivity contribution is 7.00. The van der Waals surface area contributed by atoms with Gasteiger partial charge in [-0.25, -0.2) is 0 Å². The predicted molar refractivity (Wildman–Crippen MR) is 347 cm³/mol. The molecule has 1 aromatic heterocycles. The Bertz CT molecular complexity index is 2480. The van der Waals surface area contributed by atoms with E-state index < -0.39 is 0 Å². The van der Waals surface area contributed by atoms with Crippen LogP contribution in [0, 0.1) is 0 Å². The van der Waals surface area contributed by atoms with Gasteiger partial charge in [0.05, 0.1) is 11.7 Å². The van der Waals surface area contributed by atoms with Gasteiger partial charge in [0, 0.05) is 0 Å². The van der Waals surface area contributed by atoms with Gasteiger partial charge < -0.3 is 0 Å². The van der Waals surface area contributed by atoms with Gasteiger partial charge in [0.25, 0.3) is 0 Å². The molecule has 0 aliphatic rings. The van der Waals surface area contributed by atoms with E-state index in [0.717, 1.165) is 11.0 Å². The largest absolute Gasteiger partial charge is 0.173 e. The Kier molecular flexibility index (Phi) is 27.2.